The van der Waals surface area contributed by atoms with Gasteiger partial charge in [-0.15, -0.1) is 0 Å². The quantitative estimate of drug-likeness (QED) is 0.397. The fourth-order valence-electron chi connectivity index (χ4n) is 3.20. The Bertz CT molecular complexity index is 1020. The van der Waals surface area contributed by atoms with E-state index in [1.807, 2.05) is 18.5 Å². The van der Waals surface area contributed by atoms with E-state index in [4.69, 9.17) is 5.11 Å². The minimum Gasteiger partial charge on any atom is -1.00 e. The first-order valence-corrected chi connectivity index (χ1v) is 9.49. The molecule has 1 aromatic carbocycles. The van der Waals surface area contributed by atoms with Crippen molar-refractivity contribution in [3.05, 3.63) is 75.4 Å². The maximum atomic E-state index is 12.6. The molecule has 0 fully saturated rings. The van der Waals surface area contributed by atoms with Crippen LogP contribution in [0, 0.1) is 6.92 Å². The highest BCUT2D eigenvalue weighted by atomic mass is 79.9. The molecule has 4 rings (SSSR count). The molecule has 1 aliphatic heterocycles. The van der Waals surface area contributed by atoms with Crippen molar-refractivity contribution in [1.29, 1.82) is 0 Å². The third-order valence-corrected chi connectivity index (χ3v) is 5.79. The summed E-state index contributed by atoms with van der Waals surface area (Å²) in [6, 6.07) is 12.2. The summed E-state index contributed by atoms with van der Waals surface area (Å²) >= 11 is 1.60. The second-order valence-corrected chi connectivity index (χ2v) is 7.25. The number of aromatic nitrogens is 2. The number of hydrogen-bond donors (Lipinski definition) is 1. The second-order valence-electron chi connectivity index (χ2n) is 6.31. The molecule has 2 amide bonds. The first-order valence-electron chi connectivity index (χ1n) is 8.61. The van der Waals surface area contributed by atoms with Crippen LogP contribution >= 0.6 is 11.3 Å². The van der Waals surface area contributed by atoms with Gasteiger partial charge in [-0.1, -0.05) is 29.5 Å². The first kappa shape index (κ1) is 20.3. The van der Waals surface area contributed by atoms with Gasteiger partial charge in [0.2, 0.25) is 5.51 Å². The lowest BCUT2D eigenvalue weighted by Crippen LogP contribution is -3.00. The molecule has 144 valence electrons. The Kier molecular flexibility index (Phi) is 6.02. The van der Waals surface area contributed by atoms with Crippen LogP contribution < -0.4 is 26.4 Å². The number of hydrogen-bond acceptors (Lipinski definition) is 5. The number of aliphatic hydroxyl groups excluding tert-OH is 1. The molecule has 0 aliphatic carbocycles. The number of carbonyl (C=O) groups excluding carboxylic acids is 2. The van der Waals surface area contributed by atoms with Gasteiger partial charge in [-0.3, -0.25) is 9.59 Å². The standard InChI is InChI=1S/C20H18N3O3S.BrH/c1-13-17(9-10-24)27-12-22(13)11-14-5-4-8-18(21-14)23-19(25)15-6-2-3-7-16(15)20(23)26;/h2-8,12,24H,9-11H2,1H3;1H/q+1;/p-1. The normalized spacial score (nSPS) is 12.9. The van der Waals surface area contributed by atoms with Crippen LogP contribution in [-0.4, -0.2) is 28.5 Å². The summed E-state index contributed by atoms with van der Waals surface area (Å²) in [6.07, 6.45) is 0.631. The SMILES string of the molecule is Cc1c(CCO)sc[n+]1Cc1cccc(N2C(=O)c3ccccc3C2=O)n1.[Br-]. The Morgan fingerprint density at radius 3 is 2.39 bits per heavy atom. The molecule has 0 spiro atoms. The van der Waals surface area contributed by atoms with Gasteiger partial charge in [0.25, 0.3) is 11.8 Å². The zero-order chi connectivity index (χ0) is 19.0. The third-order valence-electron chi connectivity index (χ3n) is 4.64. The van der Waals surface area contributed by atoms with Crippen molar-refractivity contribution in [2.75, 3.05) is 11.5 Å². The summed E-state index contributed by atoms with van der Waals surface area (Å²) in [5.74, 6) is -0.350. The molecular weight excluding hydrogens is 442 g/mol. The van der Waals surface area contributed by atoms with Crippen molar-refractivity contribution >= 4 is 29.0 Å². The number of benzene rings is 1. The van der Waals surface area contributed by atoms with E-state index in [0.717, 1.165) is 21.2 Å². The Labute approximate surface area is 176 Å². The molecule has 2 aromatic heterocycles. The number of amides is 2. The lowest BCUT2D eigenvalue weighted by atomic mass is 10.1. The van der Waals surface area contributed by atoms with Gasteiger partial charge in [0, 0.05) is 20.0 Å². The first-order chi connectivity index (χ1) is 13.1. The topological polar surface area (TPSA) is 74.4 Å². The van der Waals surface area contributed by atoms with E-state index in [0.29, 0.717) is 29.9 Å². The molecule has 1 aliphatic rings. The zero-order valence-corrected chi connectivity index (χ0v) is 17.5. The van der Waals surface area contributed by atoms with Crippen molar-refractivity contribution in [1.82, 2.24) is 4.98 Å². The third kappa shape index (κ3) is 3.50. The van der Waals surface area contributed by atoms with Crippen molar-refractivity contribution in [3.63, 3.8) is 0 Å². The van der Waals surface area contributed by atoms with E-state index in [9.17, 15) is 9.59 Å². The predicted molar refractivity (Wildman–Crippen MR) is 101 cm³/mol. The average molecular weight is 460 g/mol. The minimum absolute atomic E-state index is 0. The van der Waals surface area contributed by atoms with Gasteiger partial charge in [0.1, 0.15) is 11.5 Å². The van der Waals surface area contributed by atoms with Crippen LogP contribution in [0.5, 0.6) is 0 Å². The number of anilines is 1. The number of imide groups is 1. The highest BCUT2D eigenvalue weighted by molar-refractivity contribution is 7.09. The monoisotopic (exact) mass is 459 g/mol. The lowest BCUT2D eigenvalue weighted by Gasteiger charge is -2.13. The molecular formula is C20H18BrN3O3S. The molecule has 0 saturated heterocycles. The minimum atomic E-state index is -0.343. The van der Waals surface area contributed by atoms with E-state index in [1.54, 1.807) is 47.7 Å². The van der Waals surface area contributed by atoms with Gasteiger partial charge in [-0.2, -0.15) is 4.57 Å². The highest BCUT2D eigenvalue weighted by Gasteiger charge is 2.37. The number of nitrogens with zero attached hydrogens (tertiary/aromatic N) is 3. The zero-order valence-electron chi connectivity index (χ0n) is 15.1. The average Bonchev–Trinajstić information content (AvgIpc) is 3.14. The highest BCUT2D eigenvalue weighted by Crippen LogP contribution is 2.27. The molecule has 6 nitrogen and oxygen atoms in total. The number of aliphatic hydroxyl groups is 1. The van der Waals surface area contributed by atoms with Crippen molar-refractivity contribution in [2.24, 2.45) is 0 Å². The Morgan fingerprint density at radius 1 is 1.07 bits per heavy atom. The molecule has 3 aromatic rings. The molecule has 0 saturated carbocycles. The smallest absolute Gasteiger partial charge is 0.267 e. The number of halogens is 1. The molecule has 0 atom stereocenters. The van der Waals surface area contributed by atoms with Crippen LogP contribution in [0.4, 0.5) is 5.82 Å². The van der Waals surface area contributed by atoms with Crippen molar-refractivity contribution < 1.29 is 36.2 Å². The van der Waals surface area contributed by atoms with Crippen LogP contribution in [0.2, 0.25) is 0 Å². The van der Waals surface area contributed by atoms with E-state index >= 15 is 0 Å². The molecule has 0 radical (unpaired) electrons. The number of rotatable bonds is 5. The Balaban J connectivity index is 0.00000225. The van der Waals surface area contributed by atoms with Gasteiger partial charge in [-0.25, -0.2) is 9.88 Å². The summed E-state index contributed by atoms with van der Waals surface area (Å²) in [5, 5.41) is 9.14. The predicted octanol–water partition coefficient (Wildman–Crippen LogP) is -0.873. The maximum absolute atomic E-state index is 12.6. The van der Waals surface area contributed by atoms with Crippen molar-refractivity contribution in [2.45, 2.75) is 19.9 Å². The van der Waals surface area contributed by atoms with Crippen LogP contribution in [0.25, 0.3) is 0 Å². The molecule has 8 heteroatoms. The number of pyridine rings is 1. The van der Waals surface area contributed by atoms with Crippen LogP contribution in [0.1, 0.15) is 37.0 Å². The van der Waals surface area contributed by atoms with Gasteiger partial charge >= 0.3 is 0 Å². The number of fused-ring (bicyclic) bond motifs is 1. The van der Waals surface area contributed by atoms with Gasteiger partial charge in [0.15, 0.2) is 12.2 Å². The van der Waals surface area contributed by atoms with Crippen LogP contribution in [-0.2, 0) is 13.0 Å². The Morgan fingerprint density at radius 2 is 1.75 bits per heavy atom. The van der Waals surface area contributed by atoms with Crippen molar-refractivity contribution in [3.8, 4) is 0 Å². The second kappa shape index (κ2) is 8.30. The lowest BCUT2D eigenvalue weighted by molar-refractivity contribution is -0.690. The van der Waals surface area contributed by atoms with E-state index in [2.05, 4.69) is 9.55 Å². The van der Waals surface area contributed by atoms with Gasteiger partial charge in [0.05, 0.1) is 16.0 Å². The summed E-state index contributed by atoms with van der Waals surface area (Å²) in [5.41, 5.74) is 4.65. The summed E-state index contributed by atoms with van der Waals surface area (Å²) in [4.78, 5) is 32.1. The van der Waals surface area contributed by atoms with E-state index in [1.165, 1.54) is 0 Å². The maximum Gasteiger partial charge on any atom is 0.267 e. The van der Waals surface area contributed by atoms with Gasteiger partial charge in [-0.05, 0) is 24.3 Å². The summed E-state index contributed by atoms with van der Waals surface area (Å²) in [7, 11) is 0. The molecule has 0 unspecified atom stereocenters. The van der Waals surface area contributed by atoms with Crippen LogP contribution in [0.15, 0.2) is 48.0 Å². The molecule has 0 bridgehead atoms. The number of carbonyl (C=O) groups is 2. The fraction of sp³-hybridized carbons (Fsp3) is 0.200. The summed E-state index contributed by atoms with van der Waals surface area (Å²) in [6.45, 7) is 2.66. The van der Waals surface area contributed by atoms with E-state index < -0.39 is 0 Å². The Hall–Kier alpha value is -2.42. The molecule has 3 heterocycles. The van der Waals surface area contributed by atoms with Gasteiger partial charge < -0.3 is 22.1 Å². The van der Waals surface area contributed by atoms with E-state index in [-0.39, 0.29) is 35.4 Å². The fourth-order valence-corrected chi connectivity index (χ4v) is 4.18. The van der Waals surface area contributed by atoms with Crippen LogP contribution in [0.3, 0.4) is 0 Å². The number of thiazole rings is 1. The largest absolute Gasteiger partial charge is 1.00 e. The molecule has 28 heavy (non-hydrogen) atoms. The summed E-state index contributed by atoms with van der Waals surface area (Å²) < 4.78 is 2.06. The molecule has 1 N–H and O–H groups in total.